The van der Waals surface area contributed by atoms with Gasteiger partial charge in [0.15, 0.2) is 0 Å². The molecule has 5 heteroatoms. The van der Waals surface area contributed by atoms with Crippen LogP contribution in [0.3, 0.4) is 0 Å². The first-order valence-electron chi connectivity index (χ1n) is 7.08. The molecule has 1 aromatic rings. The predicted octanol–water partition coefficient (Wildman–Crippen LogP) is 1.90. The van der Waals surface area contributed by atoms with Crippen LogP contribution in [0, 0.1) is 5.92 Å². The molecule has 2 bridgehead atoms. The fourth-order valence-electron chi connectivity index (χ4n) is 2.94. The van der Waals surface area contributed by atoms with E-state index in [9.17, 15) is 4.79 Å². The van der Waals surface area contributed by atoms with E-state index in [2.05, 4.69) is 15.2 Å². The summed E-state index contributed by atoms with van der Waals surface area (Å²) in [7, 11) is 0. The zero-order valence-corrected chi connectivity index (χ0v) is 12.2. The Morgan fingerprint density at radius 1 is 1.40 bits per heavy atom. The molecule has 20 heavy (non-hydrogen) atoms. The second-order valence-electron chi connectivity index (χ2n) is 5.34. The molecular formula is C15H19N3OS. The summed E-state index contributed by atoms with van der Waals surface area (Å²) in [6.07, 6.45) is 5.80. The normalized spacial score (nSPS) is 28.7. The van der Waals surface area contributed by atoms with Gasteiger partial charge in [-0.3, -0.25) is 4.79 Å². The summed E-state index contributed by atoms with van der Waals surface area (Å²) in [5.41, 5.74) is 0. The van der Waals surface area contributed by atoms with E-state index in [1.807, 2.05) is 18.2 Å². The van der Waals surface area contributed by atoms with Crippen LogP contribution >= 0.6 is 11.8 Å². The highest BCUT2D eigenvalue weighted by atomic mass is 32.2. The minimum absolute atomic E-state index is 0.00665. The smallest absolute Gasteiger partial charge is 0.244 e. The predicted molar refractivity (Wildman–Crippen MR) is 80.3 cm³/mol. The lowest BCUT2D eigenvalue weighted by Gasteiger charge is -2.44. The van der Waals surface area contributed by atoms with E-state index in [1.165, 1.54) is 37.7 Å². The zero-order valence-electron chi connectivity index (χ0n) is 11.4. The number of pyridine rings is 1. The first-order valence-corrected chi connectivity index (χ1v) is 7.96. The van der Waals surface area contributed by atoms with Gasteiger partial charge in [-0.1, -0.05) is 17.8 Å². The molecule has 1 amide bonds. The third kappa shape index (κ3) is 3.41. The number of fused-ring (bicyclic) bond motifs is 3. The molecule has 1 aromatic heterocycles. The molecule has 0 saturated carbocycles. The maximum Gasteiger partial charge on any atom is 0.244 e. The Labute approximate surface area is 123 Å². The second-order valence-corrected chi connectivity index (χ2v) is 6.27. The first kappa shape index (κ1) is 13.6. The van der Waals surface area contributed by atoms with Gasteiger partial charge < -0.3 is 10.2 Å². The van der Waals surface area contributed by atoms with Crippen LogP contribution in [0.2, 0.25) is 0 Å². The molecule has 0 spiro atoms. The van der Waals surface area contributed by atoms with Gasteiger partial charge >= 0.3 is 0 Å². The summed E-state index contributed by atoms with van der Waals surface area (Å²) in [5, 5.41) is 5.84. The summed E-state index contributed by atoms with van der Waals surface area (Å²) in [6.45, 7) is 3.41. The summed E-state index contributed by atoms with van der Waals surface area (Å²) in [6, 6.07) is 6.08. The van der Waals surface area contributed by atoms with E-state index in [0.717, 1.165) is 11.6 Å². The molecular weight excluding hydrogens is 270 g/mol. The van der Waals surface area contributed by atoms with Crippen LogP contribution in [0.4, 0.5) is 0 Å². The van der Waals surface area contributed by atoms with Crippen molar-refractivity contribution >= 4 is 17.7 Å². The SMILES string of the molecule is O=C(/C=C\Sc1ccccn1)N[C@H]1CN2CCC1CC2. The number of hydrogen-bond donors (Lipinski definition) is 1. The Morgan fingerprint density at radius 3 is 2.90 bits per heavy atom. The van der Waals surface area contributed by atoms with E-state index in [-0.39, 0.29) is 5.91 Å². The number of nitrogens with one attached hydrogen (secondary N) is 1. The highest BCUT2D eigenvalue weighted by Crippen LogP contribution is 2.27. The highest BCUT2D eigenvalue weighted by molar-refractivity contribution is 8.02. The average molecular weight is 289 g/mol. The molecule has 0 aromatic carbocycles. The second kappa shape index (κ2) is 6.41. The van der Waals surface area contributed by atoms with Gasteiger partial charge in [0.25, 0.3) is 0 Å². The van der Waals surface area contributed by atoms with Crippen LogP contribution in [0.5, 0.6) is 0 Å². The lowest BCUT2D eigenvalue weighted by molar-refractivity contribution is -0.118. The Bertz CT molecular complexity index is 483. The van der Waals surface area contributed by atoms with Crippen molar-refractivity contribution in [3.63, 3.8) is 0 Å². The van der Waals surface area contributed by atoms with Crippen molar-refractivity contribution in [3.8, 4) is 0 Å². The summed E-state index contributed by atoms with van der Waals surface area (Å²) in [4.78, 5) is 18.6. The van der Waals surface area contributed by atoms with E-state index in [4.69, 9.17) is 0 Å². The molecule has 106 valence electrons. The number of hydrogen-bond acceptors (Lipinski definition) is 4. The average Bonchev–Trinajstić information content (AvgIpc) is 2.49. The lowest BCUT2D eigenvalue weighted by atomic mass is 9.84. The van der Waals surface area contributed by atoms with Crippen LogP contribution in [-0.2, 0) is 4.79 Å². The minimum Gasteiger partial charge on any atom is -0.348 e. The molecule has 0 aliphatic carbocycles. The number of carbonyl (C=O) groups excluding carboxylic acids is 1. The molecule has 0 unspecified atom stereocenters. The van der Waals surface area contributed by atoms with Crippen LogP contribution in [-0.4, -0.2) is 41.5 Å². The number of piperidine rings is 3. The van der Waals surface area contributed by atoms with Gasteiger partial charge in [-0.15, -0.1) is 0 Å². The molecule has 1 atom stereocenters. The lowest BCUT2D eigenvalue weighted by Crippen LogP contribution is -2.57. The fraction of sp³-hybridized carbons (Fsp3) is 0.467. The third-order valence-corrected chi connectivity index (χ3v) is 4.78. The van der Waals surface area contributed by atoms with Crippen LogP contribution < -0.4 is 5.32 Å². The number of nitrogens with zero attached hydrogens (tertiary/aromatic N) is 2. The van der Waals surface area contributed by atoms with Crippen molar-refractivity contribution in [1.29, 1.82) is 0 Å². The molecule has 3 aliphatic heterocycles. The molecule has 4 heterocycles. The Balaban J connectivity index is 1.47. The first-order chi connectivity index (χ1) is 9.81. The topological polar surface area (TPSA) is 45.2 Å². The van der Waals surface area contributed by atoms with Gasteiger partial charge in [-0.25, -0.2) is 4.98 Å². The molecule has 0 radical (unpaired) electrons. The molecule has 4 nitrogen and oxygen atoms in total. The van der Waals surface area contributed by atoms with Crippen LogP contribution in [0.15, 0.2) is 40.9 Å². The molecule has 3 saturated heterocycles. The Hall–Kier alpha value is -1.33. The van der Waals surface area contributed by atoms with Crippen molar-refractivity contribution in [2.75, 3.05) is 19.6 Å². The maximum absolute atomic E-state index is 11.9. The van der Waals surface area contributed by atoms with Gasteiger partial charge in [0.2, 0.25) is 5.91 Å². The standard InChI is InChI=1S/C15H19N3OS/c19-14(6-10-20-15-3-1-2-7-16-15)17-13-11-18-8-4-12(13)5-9-18/h1-3,6-7,10,12-13H,4-5,8-9,11H2,(H,17,19)/b10-6-/t13-/m0/s1. The number of amides is 1. The number of carbonyl (C=O) groups is 1. The maximum atomic E-state index is 11.9. The molecule has 3 fully saturated rings. The number of rotatable bonds is 4. The van der Waals surface area contributed by atoms with Crippen molar-refractivity contribution in [3.05, 3.63) is 35.9 Å². The van der Waals surface area contributed by atoms with Crippen molar-refractivity contribution < 1.29 is 4.79 Å². The molecule has 1 N–H and O–H groups in total. The fourth-order valence-corrected chi connectivity index (χ4v) is 3.55. The van der Waals surface area contributed by atoms with Crippen LogP contribution in [0.25, 0.3) is 0 Å². The number of thioether (sulfide) groups is 1. The summed E-state index contributed by atoms with van der Waals surface area (Å²) < 4.78 is 0. The van der Waals surface area contributed by atoms with Crippen molar-refractivity contribution in [2.24, 2.45) is 5.92 Å². The van der Waals surface area contributed by atoms with Crippen LogP contribution in [0.1, 0.15) is 12.8 Å². The van der Waals surface area contributed by atoms with Crippen molar-refractivity contribution in [2.45, 2.75) is 23.9 Å². The number of aromatic nitrogens is 1. The Morgan fingerprint density at radius 2 is 2.25 bits per heavy atom. The third-order valence-electron chi connectivity index (χ3n) is 4.03. The monoisotopic (exact) mass is 289 g/mol. The van der Waals surface area contributed by atoms with Gasteiger partial charge in [0, 0.05) is 24.9 Å². The van der Waals surface area contributed by atoms with E-state index in [1.54, 1.807) is 17.7 Å². The quantitative estimate of drug-likeness (QED) is 0.679. The van der Waals surface area contributed by atoms with Gasteiger partial charge in [0.05, 0.1) is 0 Å². The van der Waals surface area contributed by atoms with Gasteiger partial charge in [-0.05, 0) is 49.4 Å². The molecule has 3 aliphatic rings. The van der Waals surface area contributed by atoms with Crippen molar-refractivity contribution in [1.82, 2.24) is 15.2 Å². The summed E-state index contributed by atoms with van der Waals surface area (Å²) >= 11 is 1.46. The van der Waals surface area contributed by atoms with Gasteiger partial charge in [-0.2, -0.15) is 0 Å². The zero-order chi connectivity index (χ0) is 13.8. The minimum atomic E-state index is 0.00665. The van der Waals surface area contributed by atoms with Gasteiger partial charge in [0.1, 0.15) is 5.03 Å². The summed E-state index contributed by atoms with van der Waals surface area (Å²) in [5.74, 6) is 0.674. The van der Waals surface area contributed by atoms with E-state index >= 15 is 0 Å². The Kier molecular flexibility index (Phi) is 4.38. The van der Waals surface area contributed by atoms with E-state index in [0.29, 0.717) is 12.0 Å². The highest BCUT2D eigenvalue weighted by Gasteiger charge is 2.34. The molecule has 4 rings (SSSR count). The van der Waals surface area contributed by atoms with E-state index < -0.39 is 0 Å². The largest absolute Gasteiger partial charge is 0.348 e.